The fourth-order valence-electron chi connectivity index (χ4n) is 1.47. The molecule has 0 aromatic carbocycles. The van der Waals surface area contributed by atoms with Gasteiger partial charge in [-0.15, -0.1) is 5.10 Å². The van der Waals surface area contributed by atoms with Gasteiger partial charge in [0.1, 0.15) is 0 Å². The summed E-state index contributed by atoms with van der Waals surface area (Å²) in [6, 6.07) is 0. The minimum atomic E-state index is 0.432. The number of hydrogen-bond donors (Lipinski definition) is 1. The molecule has 6 heteroatoms. The molecule has 0 aliphatic rings. The third-order valence-electron chi connectivity index (χ3n) is 2.41. The van der Waals surface area contributed by atoms with Crippen LogP contribution in [-0.2, 0) is 24.2 Å². The Morgan fingerprint density at radius 3 is 2.75 bits per heavy atom. The molecule has 0 spiro atoms. The summed E-state index contributed by atoms with van der Waals surface area (Å²) in [4.78, 5) is 2.11. The predicted octanol–water partition coefficient (Wildman–Crippen LogP) is -0.513. The van der Waals surface area contributed by atoms with E-state index in [1.807, 2.05) is 18.8 Å². The van der Waals surface area contributed by atoms with Crippen molar-refractivity contribution in [3.63, 3.8) is 0 Å². The van der Waals surface area contributed by atoms with Crippen LogP contribution in [0.2, 0.25) is 0 Å². The van der Waals surface area contributed by atoms with Gasteiger partial charge in [0.15, 0.2) is 0 Å². The van der Waals surface area contributed by atoms with Crippen molar-refractivity contribution >= 4 is 0 Å². The Kier molecular flexibility index (Phi) is 5.37. The first kappa shape index (κ1) is 13.1. The summed E-state index contributed by atoms with van der Waals surface area (Å²) in [6.07, 6.45) is 0.809. The zero-order valence-corrected chi connectivity index (χ0v) is 10.3. The number of rotatable bonds is 7. The fourth-order valence-corrected chi connectivity index (χ4v) is 1.47. The van der Waals surface area contributed by atoms with Gasteiger partial charge < -0.3 is 15.4 Å². The lowest BCUT2D eigenvalue weighted by atomic mass is 10.2. The van der Waals surface area contributed by atoms with Crippen LogP contribution in [0.25, 0.3) is 0 Å². The van der Waals surface area contributed by atoms with Crippen molar-refractivity contribution < 1.29 is 4.74 Å². The minimum absolute atomic E-state index is 0.432. The SMILES string of the molecule is COCCc1c(CN)nnn1CCN(C)C. The maximum Gasteiger partial charge on any atom is 0.0995 e. The van der Waals surface area contributed by atoms with Crippen LogP contribution < -0.4 is 5.73 Å². The van der Waals surface area contributed by atoms with Crippen LogP contribution in [0.15, 0.2) is 0 Å². The first-order valence-corrected chi connectivity index (χ1v) is 5.44. The fraction of sp³-hybridized carbons (Fsp3) is 0.800. The van der Waals surface area contributed by atoms with Crippen molar-refractivity contribution in [2.75, 3.05) is 34.4 Å². The van der Waals surface area contributed by atoms with Gasteiger partial charge in [0, 0.05) is 26.6 Å². The van der Waals surface area contributed by atoms with Crippen LogP contribution in [0, 0.1) is 0 Å². The molecule has 0 aliphatic carbocycles. The van der Waals surface area contributed by atoms with Crippen LogP contribution in [0.1, 0.15) is 11.4 Å². The number of methoxy groups -OCH3 is 1. The Balaban J connectivity index is 2.70. The van der Waals surface area contributed by atoms with Crippen LogP contribution in [0.5, 0.6) is 0 Å². The first-order chi connectivity index (χ1) is 7.69. The monoisotopic (exact) mass is 227 g/mol. The quantitative estimate of drug-likeness (QED) is 0.679. The summed E-state index contributed by atoms with van der Waals surface area (Å²) in [5, 5.41) is 8.20. The van der Waals surface area contributed by atoms with E-state index in [9.17, 15) is 0 Å². The molecule has 1 aromatic heterocycles. The summed E-state index contributed by atoms with van der Waals surface area (Å²) < 4.78 is 6.99. The maximum absolute atomic E-state index is 5.62. The van der Waals surface area contributed by atoms with E-state index in [2.05, 4.69) is 15.2 Å². The topological polar surface area (TPSA) is 69.2 Å². The standard InChI is InChI=1S/C10H21N5O/c1-14(2)5-6-15-10(4-7-16-3)9(8-11)12-13-15/h4-8,11H2,1-3H3. The molecular formula is C10H21N5O. The van der Waals surface area contributed by atoms with E-state index < -0.39 is 0 Å². The van der Waals surface area contributed by atoms with Gasteiger partial charge in [-0.2, -0.15) is 0 Å². The van der Waals surface area contributed by atoms with Crippen LogP contribution in [-0.4, -0.2) is 54.3 Å². The highest BCUT2D eigenvalue weighted by Gasteiger charge is 2.11. The number of nitrogens with zero attached hydrogens (tertiary/aromatic N) is 4. The summed E-state index contributed by atoms with van der Waals surface area (Å²) in [6.45, 7) is 2.87. The molecule has 0 saturated heterocycles. The van der Waals surface area contributed by atoms with Gasteiger partial charge >= 0.3 is 0 Å². The molecule has 16 heavy (non-hydrogen) atoms. The van der Waals surface area contributed by atoms with Crippen LogP contribution in [0.3, 0.4) is 0 Å². The molecule has 0 fully saturated rings. The number of hydrogen-bond acceptors (Lipinski definition) is 5. The van der Waals surface area contributed by atoms with Crippen molar-refractivity contribution in [3.8, 4) is 0 Å². The number of aromatic nitrogens is 3. The number of nitrogens with two attached hydrogens (primary N) is 1. The first-order valence-electron chi connectivity index (χ1n) is 5.44. The van der Waals surface area contributed by atoms with Gasteiger partial charge in [0.2, 0.25) is 0 Å². The van der Waals surface area contributed by atoms with Crippen molar-refractivity contribution in [2.24, 2.45) is 5.73 Å². The molecule has 0 unspecified atom stereocenters. The van der Waals surface area contributed by atoms with Gasteiger partial charge in [0.25, 0.3) is 0 Å². The Morgan fingerprint density at radius 2 is 2.19 bits per heavy atom. The van der Waals surface area contributed by atoms with E-state index in [-0.39, 0.29) is 0 Å². The lowest BCUT2D eigenvalue weighted by Crippen LogP contribution is -2.21. The van der Waals surface area contributed by atoms with E-state index >= 15 is 0 Å². The lowest BCUT2D eigenvalue weighted by Gasteiger charge is -2.11. The Morgan fingerprint density at radius 1 is 1.44 bits per heavy atom. The molecule has 92 valence electrons. The third kappa shape index (κ3) is 3.55. The smallest absolute Gasteiger partial charge is 0.0995 e. The van der Waals surface area contributed by atoms with Gasteiger partial charge in [0.05, 0.1) is 24.5 Å². The zero-order valence-electron chi connectivity index (χ0n) is 10.3. The average molecular weight is 227 g/mol. The zero-order chi connectivity index (χ0) is 12.0. The van der Waals surface area contributed by atoms with Crippen molar-refractivity contribution in [2.45, 2.75) is 19.5 Å². The maximum atomic E-state index is 5.62. The second-order valence-corrected chi connectivity index (χ2v) is 3.96. The number of ether oxygens (including phenoxy) is 1. The molecule has 0 aliphatic heterocycles. The highest BCUT2D eigenvalue weighted by molar-refractivity contribution is 5.10. The summed E-state index contributed by atoms with van der Waals surface area (Å²) in [7, 11) is 5.77. The number of likely N-dealkylation sites (N-methyl/N-ethyl adjacent to an activating group) is 1. The molecule has 1 rings (SSSR count). The molecular weight excluding hydrogens is 206 g/mol. The third-order valence-corrected chi connectivity index (χ3v) is 2.41. The van der Waals surface area contributed by atoms with Crippen molar-refractivity contribution in [1.82, 2.24) is 19.9 Å². The Bertz CT molecular complexity index is 310. The van der Waals surface area contributed by atoms with Crippen molar-refractivity contribution in [1.29, 1.82) is 0 Å². The van der Waals surface area contributed by atoms with Gasteiger partial charge in [-0.25, -0.2) is 4.68 Å². The Hall–Kier alpha value is -0.980. The van der Waals surface area contributed by atoms with E-state index in [4.69, 9.17) is 10.5 Å². The van der Waals surface area contributed by atoms with E-state index in [0.29, 0.717) is 13.2 Å². The van der Waals surface area contributed by atoms with E-state index in [1.54, 1.807) is 7.11 Å². The average Bonchev–Trinajstić information content (AvgIpc) is 2.65. The largest absolute Gasteiger partial charge is 0.384 e. The summed E-state index contributed by atoms with van der Waals surface area (Å²) >= 11 is 0. The minimum Gasteiger partial charge on any atom is -0.384 e. The molecule has 2 N–H and O–H groups in total. The summed E-state index contributed by atoms with van der Waals surface area (Å²) in [5.74, 6) is 0. The van der Waals surface area contributed by atoms with Crippen LogP contribution >= 0.6 is 0 Å². The molecule has 0 bridgehead atoms. The molecule has 1 aromatic rings. The van der Waals surface area contributed by atoms with Gasteiger partial charge in [-0.3, -0.25) is 0 Å². The highest BCUT2D eigenvalue weighted by Crippen LogP contribution is 2.06. The highest BCUT2D eigenvalue weighted by atomic mass is 16.5. The second-order valence-electron chi connectivity index (χ2n) is 3.96. The van der Waals surface area contributed by atoms with E-state index in [0.717, 1.165) is 30.9 Å². The lowest BCUT2D eigenvalue weighted by molar-refractivity contribution is 0.199. The molecule has 0 atom stereocenters. The van der Waals surface area contributed by atoms with Crippen molar-refractivity contribution in [3.05, 3.63) is 11.4 Å². The summed E-state index contributed by atoms with van der Waals surface area (Å²) in [5.41, 5.74) is 7.58. The predicted molar refractivity (Wildman–Crippen MR) is 62.0 cm³/mol. The molecule has 0 radical (unpaired) electrons. The molecule has 1 heterocycles. The van der Waals surface area contributed by atoms with E-state index in [1.165, 1.54) is 0 Å². The second kappa shape index (κ2) is 6.57. The molecule has 0 amide bonds. The normalized spacial score (nSPS) is 11.3. The Labute approximate surface area is 96.4 Å². The van der Waals surface area contributed by atoms with Gasteiger partial charge in [-0.1, -0.05) is 5.21 Å². The molecule has 0 saturated carbocycles. The van der Waals surface area contributed by atoms with Crippen LogP contribution in [0.4, 0.5) is 0 Å². The molecule has 6 nitrogen and oxygen atoms in total. The van der Waals surface area contributed by atoms with Gasteiger partial charge in [-0.05, 0) is 14.1 Å².